The number of amidine groups is 1. The Morgan fingerprint density at radius 2 is 1.71 bits per heavy atom. The number of ether oxygens (including phenoxy) is 1. The van der Waals surface area contributed by atoms with Crippen LogP contribution in [0.5, 0.6) is 5.75 Å². The number of quaternary nitrogens is 1. The number of rotatable bonds is 4. The first kappa shape index (κ1) is 19.3. The minimum atomic E-state index is 0.334. The van der Waals surface area contributed by atoms with Crippen molar-refractivity contribution in [1.29, 1.82) is 0 Å². The summed E-state index contributed by atoms with van der Waals surface area (Å²) < 4.78 is 5.28. The number of nitrogens with zero attached hydrogens (tertiary/aromatic N) is 3. The minimum Gasteiger partial charge on any atom is -0.497 e. The molecule has 2 aromatic carbocycles. The first-order chi connectivity index (χ1) is 13.6. The Morgan fingerprint density at radius 3 is 2.36 bits per heavy atom. The van der Waals surface area contributed by atoms with Gasteiger partial charge in [-0.15, -0.1) is 0 Å². The van der Waals surface area contributed by atoms with E-state index in [0.29, 0.717) is 6.04 Å². The Labute approximate surface area is 172 Å². The van der Waals surface area contributed by atoms with Crippen LogP contribution in [0.4, 0.5) is 5.69 Å². The van der Waals surface area contributed by atoms with E-state index in [1.54, 1.807) is 12.0 Å². The molecule has 148 valence electrons. The van der Waals surface area contributed by atoms with E-state index in [4.69, 9.17) is 9.73 Å². The smallest absolute Gasteiger partial charge is 0.179 e. The Balaban J connectivity index is 1.64. The zero-order valence-electron chi connectivity index (χ0n) is 16.9. The molecule has 0 unspecified atom stereocenters. The van der Waals surface area contributed by atoms with Crippen LogP contribution in [0.1, 0.15) is 17.2 Å². The predicted octanol–water partition coefficient (Wildman–Crippen LogP) is 2.53. The Hall–Kier alpha value is -2.02. The number of methoxy groups -OCH3 is 1. The van der Waals surface area contributed by atoms with E-state index in [9.17, 15) is 0 Å². The van der Waals surface area contributed by atoms with Gasteiger partial charge in [-0.2, -0.15) is 0 Å². The molecular weight excluding hydrogens is 368 g/mol. The van der Waals surface area contributed by atoms with E-state index in [-0.39, 0.29) is 0 Å². The van der Waals surface area contributed by atoms with Crippen molar-refractivity contribution in [3.8, 4) is 5.75 Å². The molecule has 2 heterocycles. The van der Waals surface area contributed by atoms with Gasteiger partial charge in [0.2, 0.25) is 0 Å². The van der Waals surface area contributed by atoms with Crippen molar-refractivity contribution in [3.05, 3.63) is 59.7 Å². The molecule has 2 aliphatic heterocycles. The molecule has 4 rings (SSSR count). The fourth-order valence-corrected chi connectivity index (χ4v) is 4.90. The molecule has 1 N–H and O–H groups in total. The Morgan fingerprint density at radius 1 is 1.04 bits per heavy atom. The summed E-state index contributed by atoms with van der Waals surface area (Å²) in [6.07, 6.45) is 0. The summed E-state index contributed by atoms with van der Waals surface area (Å²) >= 11 is 1.85. The quantitative estimate of drug-likeness (QED) is 0.859. The van der Waals surface area contributed by atoms with Gasteiger partial charge in [-0.1, -0.05) is 41.6 Å². The van der Waals surface area contributed by atoms with Gasteiger partial charge < -0.3 is 9.64 Å². The lowest BCUT2D eigenvalue weighted by molar-refractivity contribution is -0.885. The number of thioether (sulfide) groups is 1. The average molecular weight is 398 g/mol. The van der Waals surface area contributed by atoms with E-state index >= 15 is 0 Å². The summed E-state index contributed by atoms with van der Waals surface area (Å²) in [5, 5.41) is 6.04. The highest BCUT2D eigenvalue weighted by Gasteiger charge is 2.37. The summed E-state index contributed by atoms with van der Waals surface area (Å²) in [5.41, 5.74) is 3.64. The van der Waals surface area contributed by atoms with Crippen LogP contribution < -0.4 is 9.64 Å². The van der Waals surface area contributed by atoms with Gasteiger partial charge >= 0.3 is 0 Å². The van der Waals surface area contributed by atoms with Crippen LogP contribution in [0.3, 0.4) is 0 Å². The van der Waals surface area contributed by atoms with Crippen molar-refractivity contribution in [3.63, 3.8) is 0 Å². The second-order valence-electron chi connectivity index (χ2n) is 7.59. The highest BCUT2D eigenvalue weighted by Crippen LogP contribution is 2.38. The molecule has 2 aromatic rings. The van der Waals surface area contributed by atoms with Gasteiger partial charge in [0.1, 0.15) is 5.75 Å². The van der Waals surface area contributed by atoms with E-state index in [0.717, 1.165) is 48.5 Å². The molecular formula is C22H29N4OS+. The zero-order chi connectivity index (χ0) is 19.5. The fourth-order valence-electron chi connectivity index (χ4n) is 3.71. The van der Waals surface area contributed by atoms with E-state index < -0.39 is 0 Å². The van der Waals surface area contributed by atoms with Crippen LogP contribution in [-0.2, 0) is 0 Å². The third kappa shape index (κ3) is 4.19. The molecule has 28 heavy (non-hydrogen) atoms. The van der Waals surface area contributed by atoms with Crippen LogP contribution in [0.2, 0.25) is 0 Å². The molecule has 6 heteroatoms. The number of nitrogens with one attached hydrogen (secondary N) is 1. The van der Waals surface area contributed by atoms with Crippen LogP contribution in [0, 0.1) is 6.92 Å². The number of piperazine rings is 1. The van der Waals surface area contributed by atoms with Crippen LogP contribution in [-0.4, -0.2) is 61.3 Å². The summed E-state index contributed by atoms with van der Waals surface area (Å²) in [4.78, 5) is 6.60. The maximum absolute atomic E-state index is 5.28. The summed E-state index contributed by atoms with van der Waals surface area (Å²) in [5.74, 6) is 1.89. The molecule has 0 bridgehead atoms. The SMILES string of the molecule is COc1ccc(N=C2SC[C@@H](c3ccc(C)cc3)N2N2CC[NH+](C)CC2)cc1. The number of likely N-dealkylation sites (N-methyl/N-ethyl adjacent to an activating group) is 1. The molecule has 2 aliphatic rings. The minimum absolute atomic E-state index is 0.334. The van der Waals surface area contributed by atoms with Crippen LogP contribution in [0.25, 0.3) is 0 Å². The predicted molar refractivity (Wildman–Crippen MR) is 116 cm³/mol. The standard InChI is InChI=1S/C22H28N4OS/c1-17-4-6-18(7-5-17)21-16-28-22(23-19-8-10-20(27-3)11-9-19)26(21)25-14-12-24(2)13-15-25/h4-11,21H,12-16H2,1-3H3/p+1/t21-/m0/s1. The van der Waals surface area contributed by atoms with E-state index in [2.05, 4.69) is 48.3 Å². The number of benzene rings is 2. The molecule has 2 fully saturated rings. The number of hydrogen-bond donors (Lipinski definition) is 1. The van der Waals surface area contributed by atoms with Gasteiger partial charge in [-0.25, -0.2) is 10.0 Å². The third-order valence-electron chi connectivity index (χ3n) is 5.52. The Kier molecular flexibility index (Phi) is 5.90. The molecule has 0 aliphatic carbocycles. The zero-order valence-corrected chi connectivity index (χ0v) is 17.7. The first-order valence-electron chi connectivity index (χ1n) is 9.91. The third-order valence-corrected chi connectivity index (χ3v) is 6.54. The van der Waals surface area contributed by atoms with Gasteiger partial charge in [0.15, 0.2) is 5.17 Å². The number of hydrazine groups is 1. The number of aryl methyl sites for hydroxylation is 1. The number of aliphatic imine (C=N–C) groups is 1. The van der Waals surface area contributed by atoms with Gasteiger partial charge in [-0.3, -0.25) is 5.01 Å². The molecule has 0 amide bonds. The van der Waals surface area contributed by atoms with Crippen molar-refractivity contribution >= 4 is 22.6 Å². The summed E-state index contributed by atoms with van der Waals surface area (Å²) in [6.45, 7) is 6.60. The van der Waals surface area contributed by atoms with Gasteiger partial charge in [0, 0.05) is 5.75 Å². The molecule has 0 aromatic heterocycles. The van der Waals surface area contributed by atoms with Crippen molar-refractivity contribution in [2.45, 2.75) is 13.0 Å². The van der Waals surface area contributed by atoms with Crippen LogP contribution in [0.15, 0.2) is 53.5 Å². The molecule has 0 saturated carbocycles. The van der Waals surface area contributed by atoms with E-state index in [1.807, 2.05) is 36.0 Å². The topological polar surface area (TPSA) is 32.5 Å². The van der Waals surface area contributed by atoms with Gasteiger partial charge in [-0.05, 0) is 36.8 Å². The molecule has 5 nitrogen and oxygen atoms in total. The lowest BCUT2D eigenvalue weighted by Crippen LogP contribution is -3.12. The lowest BCUT2D eigenvalue weighted by atomic mass is 10.1. The maximum Gasteiger partial charge on any atom is 0.179 e. The molecule has 2 saturated heterocycles. The van der Waals surface area contributed by atoms with Gasteiger partial charge in [0.25, 0.3) is 0 Å². The Bertz CT molecular complexity index is 813. The first-order valence-corrected chi connectivity index (χ1v) is 10.9. The van der Waals surface area contributed by atoms with Crippen molar-refractivity contribution in [1.82, 2.24) is 10.0 Å². The monoisotopic (exact) mass is 397 g/mol. The van der Waals surface area contributed by atoms with Crippen LogP contribution >= 0.6 is 11.8 Å². The molecule has 0 radical (unpaired) electrons. The summed E-state index contributed by atoms with van der Waals surface area (Å²) in [7, 11) is 3.97. The largest absolute Gasteiger partial charge is 0.497 e. The fraction of sp³-hybridized carbons (Fsp3) is 0.409. The number of hydrogen-bond acceptors (Lipinski definition) is 4. The highest BCUT2D eigenvalue weighted by molar-refractivity contribution is 8.14. The second-order valence-corrected chi connectivity index (χ2v) is 8.57. The van der Waals surface area contributed by atoms with Crippen molar-refractivity contribution in [2.24, 2.45) is 4.99 Å². The van der Waals surface area contributed by atoms with Crippen molar-refractivity contribution in [2.75, 3.05) is 46.1 Å². The second kappa shape index (κ2) is 8.55. The van der Waals surface area contributed by atoms with E-state index in [1.165, 1.54) is 11.1 Å². The average Bonchev–Trinajstić information content (AvgIpc) is 3.13. The van der Waals surface area contributed by atoms with Gasteiger partial charge in [0.05, 0.1) is 52.1 Å². The maximum atomic E-state index is 5.28. The highest BCUT2D eigenvalue weighted by atomic mass is 32.2. The normalized spacial score (nSPS) is 22.8. The lowest BCUT2D eigenvalue weighted by Gasteiger charge is -2.40. The summed E-state index contributed by atoms with van der Waals surface area (Å²) in [6, 6.07) is 17.3. The molecule has 0 spiro atoms. The van der Waals surface area contributed by atoms with Crippen molar-refractivity contribution < 1.29 is 9.64 Å². The molecule has 1 atom stereocenters.